The number of hydrogen-bond acceptors (Lipinski definition) is 3. The smallest absolute Gasteiger partial charge is 0.118 e. The van der Waals surface area contributed by atoms with Gasteiger partial charge in [0.2, 0.25) is 0 Å². The predicted octanol–water partition coefficient (Wildman–Crippen LogP) is 4.54. The summed E-state index contributed by atoms with van der Waals surface area (Å²) in [4.78, 5) is 2.19. The Bertz CT molecular complexity index is 711. The van der Waals surface area contributed by atoms with Crippen LogP contribution in [-0.2, 0) is 28.3 Å². The van der Waals surface area contributed by atoms with E-state index in [4.69, 9.17) is 21.1 Å². The summed E-state index contributed by atoms with van der Waals surface area (Å²) in [7, 11) is 4.17. The van der Waals surface area contributed by atoms with Crippen LogP contribution in [0.1, 0.15) is 28.7 Å². The molecule has 3 nitrogen and oxygen atoms in total. The van der Waals surface area contributed by atoms with Gasteiger partial charge in [-0.3, -0.25) is 0 Å². The first-order valence-corrected chi connectivity index (χ1v) is 9.07. The Morgan fingerprint density at radius 2 is 2.00 bits per heavy atom. The maximum absolute atomic E-state index is 6.27. The summed E-state index contributed by atoms with van der Waals surface area (Å²) in [5, 5.41) is 0.753. The van der Waals surface area contributed by atoms with Crippen LogP contribution < -0.4 is 0 Å². The molecule has 1 unspecified atom stereocenters. The van der Waals surface area contributed by atoms with E-state index in [2.05, 4.69) is 49.3 Å². The third-order valence-corrected chi connectivity index (χ3v) is 4.90. The first-order valence-electron chi connectivity index (χ1n) is 8.69. The summed E-state index contributed by atoms with van der Waals surface area (Å²) in [6.45, 7) is 4.74. The Hall–Kier alpha value is -1.39. The average Bonchev–Trinajstić information content (AvgIpc) is 2.92. The lowest BCUT2D eigenvalue weighted by Crippen LogP contribution is -2.35. The molecule has 0 aromatic heterocycles. The van der Waals surface area contributed by atoms with Gasteiger partial charge in [-0.2, -0.15) is 0 Å². The topological polar surface area (TPSA) is 21.7 Å². The maximum Gasteiger partial charge on any atom is 0.118 e. The van der Waals surface area contributed by atoms with Crippen molar-refractivity contribution in [2.45, 2.75) is 32.2 Å². The Kier molecular flexibility index (Phi) is 5.80. The Labute approximate surface area is 155 Å². The molecule has 0 saturated heterocycles. The Morgan fingerprint density at radius 3 is 2.76 bits per heavy atom. The summed E-state index contributed by atoms with van der Waals surface area (Å²) >= 11 is 6.15. The first kappa shape index (κ1) is 18.4. The highest BCUT2D eigenvalue weighted by molar-refractivity contribution is 6.30. The van der Waals surface area contributed by atoms with Gasteiger partial charge in [0.25, 0.3) is 0 Å². The van der Waals surface area contributed by atoms with E-state index in [0.717, 1.165) is 29.1 Å². The monoisotopic (exact) mass is 359 g/mol. The van der Waals surface area contributed by atoms with Crippen LogP contribution in [0.4, 0.5) is 0 Å². The number of rotatable bonds is 7. The molecular formula is C21H26ClNO2. The SMILES string of the molecule is Cc1cc(Cl)cc(COCC2(CCN(C)C)OCc3ccccc32)c1. The molecule has 1 heterocycles. The lowest BCUT2D eigenvalue weighted by atomic mass is 9.90. The zero-order valence-electron chi connectivity index (χ0n) is 15.2. The molecule has 0 saturated carbocycles. The van der Waals surface area contributed by atoms with E-state index in [1.54, 1.807) is 0 Å². The first-order chi connectivity index (χ1) is 12.0. The fraction of sp³-hybridized carbons (Fsp3) is 0.429. The molecule has 1 aliphatic rings. The summed E-state index contributed by atoms with van der Waals surface area (Å²) in [6.07, 6.45) is 0.908. The van der Waals surface area contributed by atoms with Gasteiger partial charge in [-0.1, -0.05) is 41.9 Å². The average molecular weight is 360 g/mol. The second-order valence-corrected chi connectivity index (χ2v) is 7.56. The molecule has 25 heavy (non-hydrogen) atoms. The van der Waals surface area contributed by atoms with Gasteiger partial charge in [0, 0.05) is 11.6 Å². The highest BCUT2D eigenvalue weighted by atomic mass is 35.5. The molecule has 134 valence electrons. The summed E-state index contributed by atoms with van der Waals surface area (Å²) in [5.41, 5.74) is 4.41. The maximum atomic E-state index is 6.27. The van der Waals surface area contributed by atoms with E-state index in [1.165, 1.54) is 11.1 Å². The van der Waals surface area contributed by atoms with Gasteiger partial charge < -0.3 is 14.4 Å². The Morgan fingerprint density at radius 1 is 1.20 bits per heavy atom. The number of fused-ring (bicyclic) bond motifs is 1. The number of halogens is 1. The third kappa shape index (κ3) is 4.42. The van der Waals surface area contributed by atoms with Gasteiger partial charge in [0.1, 0.15) is 5.60 Å². The molecule has 3 rings (SSSR count). The molecule has 1 atom stereocenters. The van der Waals surface area contributed by atoms with Gasteiger partial charge in [-0.25, -0.2) is 0 Å². The van der Waals surface area contributed by atoms with Gasteiger partial charge in [-0.15, -0.1) is 0 Å². The van der Waals surface area contributed by atoms with Crippen molar-refractivity contribution < 1.29 is 9.47 Å². The minimum Gasteiger partial charge on any atom is -0.373 e. The fourth-order valence-electron chi connectivity index (χ4n) is 3.42. The van der Waals surface area contributed by atoms with Gasteiger partial charge in [-0.05, 0) is 61.8 Å². The van der Waals surface area contributed by atoms with Crippen LogP contribution in [-0.4, -0.2) is 32.1 Å². The van der Waals surface area contributed by atoms with Crippen molar-refractivity contribution in [1.82, 2.24) is 4.90 Å². The second-order valence-electron chi connectivity index (χ2n) is 7.12. The van der Waals surface area contributed by atoms with Crippen molar-refractivity contribution in [2.75, 3.05) is 27.2 Å². The number of ether oxygens (including phenoxy) is 2. The quantitative estimate of drug-likeness (QED) is 0.724. The Balaban J connectivity index is 1.73. The van der Waals surface area contributed by atoms with E-state index >= 15 is 0 Å². The molecule has 0 fully saturated rings. The van der Waals surface area contributed by atoms with Crippen LogP contribution in [0, 0.1) is 6.92 Å². The van der Waals surface area contributed by atoms with Crippen molar-refractivity contribution in [3.05, 3.63) is 69.7 Å². The fourth-order valence-corrected chi connectivity index (χ4v) is 3.73. The molecule has 4 heteroatoms. The van der Waals surface area contributed by atoms with Crippen LogP contribution in [0.25, 0.3) is 0 Å². The van der Waals surface area contributed by atoms with Crippen LogP contribution >= 0.6 is 11.6 Å². The third-order valence-electron chi connectivity index (χ3n) is 4.68. The van der Waals surface area contributed by atoms with Crippen molar-refractivity contribution in [3.63, 3.8) is 0 Å². The molecule has 0 spiro atoms. The standard InChI is InChI=1S/C21H26ClNO2/c1-16-10-17(12-19(22)11-16)13-24-15-21(8-9-23(2)3)20-7-5-4-6-18(20)14-25-21/h4-7,10-12H,8-9,13-15H2,1-3H3. The normalized spacial score (nSPS) is 19.4. The van der Waals surface area contributed by atoms with E-state index in [9.17, 15) is 0 Å². The highest BCUT2D eigenvalue weighted by Crippen LogP contribution is 2.39. The van der Waals surface area contributed by atoms with Crippen molar-refractivity contribution in [1.29, 1.82) is 0 Å². The zero-order chi connectivity index (χ0) is 17.9. The second kappa shape index (κ2) is 7.88. The molecule has 0 bridgehead atoms. The van der Waals surface area contributed by atoms with Crippen LogP contribution in [0.2, 0.25) is 5.02 Å². The molecule has 0 amide bonds. The minimum atomic E-state index is -0.367. The molecular weight excluding hydrogens is 334 g/mol. The zero-order valence-corrected chi connectivity index (χ0v) is 16.0. The number of nitrogens with zero attached hydrogens (tertiary/aromatic N) is 1. The minimum absolute atomic E-state index is 0.367. The number of benzene rings is 2. The summed E-state index contributed by atoms with van der Waals surface area (Å²) < 4.78 is 12.4. The van der Waals surface area contributed by atoms with Crippen molar-refractivity contribution in [3.8, 4) is 0 Å². The largest absolute Gasteiger partial charge is 0.373 e. The summed E-state index contributed by atoms with van der Waals surface area (Å²) in [6, 6.07) is 14.5. The van der Waals surface area contributed by atoms with Crippen LogP contribution in [0.3, 0.4) is 0 Å². The molecule has 0 N–H and O–H groups in total. The number of aryl methyl sites for hydroxylation is 1. The van der Waals surface area contributed by atoms with E-state index in [-0.39, 0.29) is 5.60 Å². The van der Waals surface area contributed by atoms with Crippen LogP contribution in [0.5, 0.6) is 0 Å². The van der Waals surface area contributed by atoms with Crippen molar-refractivity contribution >= 4 is 11.6 Å². The van der Waals surface area contributed by atoms with E-state index in [1.807, 2.05) is 19.1 Å². The van der Waals surface area contributed by atoms with Gasteiger partial charge in [0.05, 0.1) is 19.8 Å². The van der Waals surface area contributed by atoms with Crippen molar-refractivity contribution in [2.24, 2.45) is 0 Å². The van der Waals surface area contributed by atoms with E-state index < -0.39 is 0 Å². The molecule has 2 aromatic rings. The number of hydrogen-bond donors (Lipinski definition) is 0. The van der Waals surface area contributed by atoms with Crippen LogP contribution in [0.15, 0.2) is 42.5 Å². The summed E-state index contributed by atoms with van der Waals surface area (Å²) in [5.74, 6) is 0. The predicted molar refractivity (Wildman–Crippen MR) is 102 cm³/mol. The molecule has 0 aliphatic carbocycles. The lowest BCUT2D eigenvalue weighted by Gasteiger charge is -2.31. The van der Waals surface area contributed by atoms with Gasteiger partial charge in [0.15, 0.2) is 0 Å². The molecule has 1 aliphatic heterocycles. The molecule has 2 aromatic carbocycles. The van der Waals surface area contributed by atoms with Gasteiger partial charge >= 0.3 is 0 Å². The van der Waals surface area contributed by atoms with E-state index in [0.29, 0.717) is 19.8 Å². The lowest BCUT2D eigenvalue weighted by molar-refractivity contribution is -0.105. The molecule has 0 radical (unpaired) electrons. The highest BCUT2D eigenvalue weighted by Gasteiger charge is 2.40.